The van der Waals surface area contributed by atoms with E-state index in [2.05, 4.69) is 10.1 Å². The number of ether oxygens (including phenoxy) is 1. The van der Waals surface area contributed by atoms with Crippen molar-refractivity contribution in [1.29, 1.82) is 0 Å². The summed E-state index contributed by atoms with van der Waals surface area (Å²) < 4.78 is 4.54. The number of nitrogens with one attached hydrogen (secondary N) is 1. The zero-order valence-electron chi connectivity index (χ0n) is 11.6. The molecule has 0 bridgehead atoms. The molecule has 0 spiro atoms. The highest BCUT2D eigenvalue weighted by Crippen LogP contribution is 2.25. The van der Waals surface area contributed by atoms with Gasteiger partial charge in [-0.25, -0.2) is 4.79 Å². The maximum Gasteiger partial charge on any atom is 0.329 e. The number of carbonyl (C=O) groups excluding carboxylic acids is 2. The molecule has 0 saturated carbocycles. The van der Waals surface area contributed by atoms with E-state index in [4.69, 9.17) is 10.2 Å². The van der Waals surface area contributed by atoms with Gasteiger partial charge in [-0.15, -0.1) is 0 Å². The van der Waals surface area contributed by atoms with Gasteiger partial charge in [0.1, 0.15) is 6.61 Å². The van der Waals surface area contributed by atoms with Crippen molar-refractivity contribution in [2.45, 2.75) is 13.0 Å². The number of hydrogen-bond acceptors (Lipinski definition) is 6. The average molecular weight is 309 g/mol. The second kappa shape index (κ2) is 7.67. The van der Waals surface area contributed by atoms with Crippen LogP contribution >= 0.6 is 0 Å². The number of esters is 1. The Kier molecular flexibility index (Phi) is 5.94. The Bertz CT molecular complexity index is 609. The summed E-state index contributed by atoms with van der Waals surface area (Å²) in [7, 11) is 0. The van der Waals surface area contributed by atoms with E-state index in [0.29, 0.717) is 5.56 Å². The predicted octanol–water partition coefficient (Wildman–Crippen LogP) is 0.243. The van der Waals surface area contributed by atoms with Crippen LogP contribution in [0.3, 0.4) is 0 Å². The first-order valence-electron chi connectivity index (χ1n) is 6.16. The number of carbonyl (C=O) groups is 3. The normalized spacial score (nSPS) is 11.9. The highest BCUT2D eigenvalue weighted by atomic mass is 16.5. The van der Waals surface area contributed by atoms with Crippen molar-refractivity contribution >= 4 is 23.9 Å². The molecule has 1 atom stereocenters. The summed E-state index contributed by atoms with van der Waals surface area (Å²) in [5, 5.41) is 29.5. The molecule has 0 aliphatic rings. The standard InChI is InChI=1S/C14H15NO7/c1-8(16)22-7-10(14(20)21)15-13(19)5-3-9-2-4-11(17)12(18)6-9/h2-6,10,17-18H,7H2,1H3,(H,15,19)(H,20,21)/t10-/m0/s1. The third-order valence-corrected chi connectivity index (χ3v) is 2.49. The topological polar surface area (TPSA) is 133 Å². The van der Waals surface area contributed by atoms with Crippen LogP contribution in [-0.4, -0.2) is 45.8 Å². The van der Waals surface area contributed by atoms with E-state index in [0.717, 1.165) is 13.0 Å². The van der Waals surface area contributed by atoms with E-state index in [1.165, 1.54) is 24.3 Å². The Balaban J connectivity index is 2.66. The first-order valence-corrected chi connectivity index (χ1v) is 6.16. The summed E-state index contributed by atoms with van der Waals surface area (Å²) in [6, 6.07) is 2.56. The molecule has 1 aromatic rings. The van der Waals surface area contributed by atoms with E-state index in [9.17, 15) is 19.5 Å². The number of amides is 1. The number of carboxylic acids is 1. The predicted molar refractivity (Wildman–Crippen MR) is 75.0 cm³/mol. The Labute approximate surface area is 125 Å². The van der Waals surface area contributed by atoms with Gasteiger partial charge in [-0.1, -0.05) is 6.07 Å². The molecule has 1 aromatic carbocycles. The van der Waals surface area contributed by atoms with Gasteiger partial charge in [0.2, 0.25) is 5.91 Å². The van der Waals surface area contributed by atoms with Crippen LogP contribution in [-0.2, 0) is 19.1 Å². The quantitative estimate of drug-likeness (QED) is 0.336. The Morgan fingerprint density at radius 1 is 1.27 bits per heavy atom. The van der Waals surface area contributed by atoms with Gasteiger partial charge >= 0.3 is 11.9 Å². The van der Waals surface area contributed by atoms with Crippen molar-refractivity contribution in [3.8, 4) is 11.5 Å². The monoisotopic (exact) mass is 309 g/mol. The number of phenols is 2. The number of benzene rings is 1. The maximum atomic E-state index is 11.6. The van der Waals surface area contributed by atoms with Crippen molar-refractivity contribution < 1.29 is 34.4 Å². The number of hydrogen-bond donors (Lipinski definition) is 4. The molecule has 0 aliphatic heterocycles. The zero-order chi connectivity index (χ0) is 16.7. The van der Waals surface area contributed by atoms with Crippen LogP contribution < -0.4 is 5.32 Å². The van der Waals surface area contributed by atoms with Gasteiger partial charge in [-0.3, -0.25) is 9.59 Å². The van der Waals surface area contributed by atoms with Crippen molar-refractivity contribution in [1.82, 2.24) is 5.32 Å². The van der Waals surface area contributed by atoms with Crippen molar-refractivity contribution in [3.63, 3.8) is 0 Å². The summed E-state index contributed by atoms with van der Waals surface area (Å²) in [5.41, 5.74) is 0.428. The first kappa shape index (κ1) is 17.0. The van der Waals surface area contributed by atoms with Crippen LogP contribution in [0.2, 0.25) is 0 Å². The molecule has 0 fully saturated rings. The number of aromatic hydroxyl groups is 2. The summed E-state index contributed by atoms with van der Waals surface area (Å²) in [6.07, 6.45) is 2.37. The molecular weight excluding hydrogens is 294 g/mol. The molecule has 4 N–H and O–H groups in total. The Hall–Kier alpha value is -3.03. The van der Waals surface area contributed by atoms with E-state index >= 15 is 0 Å². The van der Waals surface area contributed by atoms with Crippen LogP contribution in [0.25, 0.3) is 6.08 Å². The second-order valence-electron chi connectivity index (χ2n) is 4.28. The van der Waals surface area contributed by atoms with Gasteiger partial charge in [0.25, 0.3) is 0 Å². The third kappa shape index (κ3) is 5.53. The van der Waals surface area contributed by atoms with Crippen LogP contribution in [0.5, 0.6) is 11.5 Å². The van der Waals surface area contributed by atoms with Crippen molar-refractivity contribution in [2.75, 3.05) is 6.61 Å². The number of carboxylic acid groups (broad SMARTS) is 1. The SMILES string of the molecule is CC(=O)OC[C@H](NC(=O)C=Cc1ccc(O)c(O)c1)C(=O)O. The van der Waals surface area contributed by atoms with Crippen molar-refractivity contribution in [3.05, 3.63) is 29.8 Å². The van der Waals surface area contributed by atoms with Gasteiger partial charge in [0.15, 0.2) is 17.5 Å². The molecular formula is C14H15NO7. The smallest absolute Gasteiger partial charge is 0.329 e. The summed E-state index contributed by atoms with van der Waals surface area (Å²) in [6.45, 7) is 0.641. The minimum atomic E-state index is -1.37. The molecule has 0 heterocycles. The molecule has 118 valence electrons. The van der Waals surface area contributed by atoms with E-state index in [1.807, 2.05) is 0 Å². The fourth-order valence-electron chi connectivity index (χ4n) is 1.41. The average Bonchev–Trinajstić information content (AvgIpc) is 2.44. The molecule has 0 unspecified atom stereocenters. The summed E-state index contributed by atoms with van der Waals surface area (Å²) in [5.74, 6) is -3.36. The first-order chi connectivity index (χ1) is 10.3. The lowest BCUT2D eigenvalue weighted by Crippen LogP contribution is -2.43. The van der Waals surface area contributed by atoms with Gasteiger partial charge in [0.05, 0.1) is 0 Å². The highest BCUT2D eigenvalue weighted by molar-refractivity contribution is 5.94. The zero-order valence-corrected chi connectivity index (χ0v) is 11.6. The molecule has 8 heteroatoms. The van der Waals surface area contributed by atoms with Gasteiger partial charge in [-0.05, 0) is 23.8 Å². The molecule has 0 radical (unpaired) electrons. The Morgan fingerprint density at radius 3 is 2.50 bits per heavy atom. The van der Waals surface area contributed by atoms with E-state index in [1.54, 1.807) is 0 Å². The van der Waals surface area contributed by atoms with E-state index < -0.39 is 30.5 Å². The highest BCUT2D eigenvalue weighted by Gasteiger charge is 2.20. The van der Waals surface area contributed by atoms with E-state index in [-0.39, 0.29) is 11.5 Å². The lowest BCUT2D eigenvalue weighted by atomic mass is 10.2. The molecule has 8 nitrogen and oxygen atoms in total. The second-order valence-corrected chi connectivity index (χ2v) is 4.28. The third-order valence-electron chi connectivity index (χ3n) is 2.49. The van der Waals surface area contributed by atoms with Gasteiger partial charge < -0.3 is 25.4 Å². The summed E-state index contributed by atoms with van der Waals surface area (Å²) >= 11 is 0. The maximum absolute atomic E-state index is 11.6. The van der Waals surface area contributed by atoms with Crippen molar-refractivity contribution in [2.24, 2.45) is 0 Å². The lowest BCUT2D eigenvalue weighted by Gasteiger charge is -2.12. The molecule has 22 heavy (non-hydrogen) atoms. The molecule has 0 aromatic heterocycles. The fraction of sp³-hybridized carbons (Fsp3) is 0.214. The molecule has 0 aliphatic carbocycles. The molecule has 0 saturated heterocycles. The minimum absolute atomic E-state index is 0.297. The Morgan fingerprint density at radius 2 is 1.95 bits per heavy atom. The lowest BCUT2D eigenvalue weighted by molar-refractivity contribution is -0.148. The minimum Gasteiger partial charge on any atom is -0.504 e. The van der Waals surface area contributed by atoms with Gasteiger partial charge in [-0.2, -0.15) is 0 Å². The van der Waals surface area contributed by atoms with Crippen LogP contribution in [0.15, 0.2) is 24.3 Å². The molecule has 1 rings (SSSR count). The number of aliphatic carboxylic acids is 1. The summed E-state index contributed by atoms with van der Waals surface area (Å²) in [4.78, 5) is 33.2. The van der Waals surface area contributed by atoms with Gasteiger partial charge in [0, 0.05) is 13.0 Å². The fourth-order valence-corrected chi connectivity index (χ4v) is 1.41. The van der Waals surface area contributed by atoms with Crippen LogP contribution in [0, 0.1) is 0 Å². The number of phenolic OH excluding ortho intramolecular Hbond substituents is 2. The molecule has 1 amide bonds. The number of rotatable bonds is 6. The largest absolute Gasteiger partial charge is 0.504 e. The van der Waals surface area contributed by atoms with Crippen LogP contribution in [0.1, 0.15) is 12.5 Å². The van der Waals surface area contributed by atoms with Crippen LogP contribution in [0.4, 0.5) is 0 Å².